The van der Waals surface area contributed by atoms with Gasteiger partial charge in [-0.05, 0) is 25.1 Å². The Kier molecular flexibility index (Phi) is 4.59. The number of carbonyl (C=O) groups is 1. The van der Waals surface area contributed by atoms with Crippen LogP contribution in [0, 0.1) is 6.92 Å². The minimum Gasteiger partial charge on any atom is -0.507 e. The van der Waals surface area contributed by atoms with Crippen LogP contribution in [0.4, 0.5) is 0 Å². The van der Waals surface area contributed by atoms with Crippen molar-refractivity contribution in [1.82, 2.24) is 15.6 Å². The molecule has 0 aliphatic carbocycles. The zero-order valence-electron chi connectivity index (χ0n) is 11.1. The van der Waals surface area contributed by atoms with Gasteiger partial charge in [0.15, 0.2) is 0 Å². The number of phenolic OH excluding ortho intramolecular Hbond substituents is 1. The molecule has 0 saturated carbocycles. The molecule has 0 spiro atoms. The Morgan fingerprint density at radius 2 is 2.24 bits per heavy atom. The number of halogens is 1. The lowest BCUT2D eigenvalue weighted by Gasteiger charge is -2.00. The number of aromatic nitrogens is 2. The smallest absolute Gasteiger partial charge is 0.267 e. The first kappa shape index (κ1) is 15.0. The molecule has 0 radical (unpaired) electrons. The fourth-order valence-corrected chi connectivity index (χ4v) is 2.07. The van der Waals surface area contributed by atoms with Gasteiger partial charge >= 0.3 is 0 Å². The highest BCUT2D eigenvalue weighted by atomic mass is 79.9. The fourth-order valence-electron chi connectivity index (χ4n) is 1.69. The molecule has 0 fully saturated rings. The third kappa shape index (κ3) is 3.82. The predicted molar refractivity (Wildman–Crippen MR) is 81.4 cm³/mol. The lowest BCUT2D eigenvalue weighted by molar-refractivity contribution is -0.120. The van der Waals surface area contributed by atoms with Gasteiger partial charge in [0.05, 0.1) is 12.6 Å². The quantitative estimate of drug-likeness (QED) is 0.489. The first-order valence-corrected chi connectivity index (χ1v) is 6.83. The van der Waals surface area contributed by atoms with E-state index >= 15 is 0 Å². The summed E-state index contributed by atoms with van der Waals surface area (Å²) >= 11 is 3.27. The standard InChI is InChI=1S/C13H13BrN4O3/c1-7-10(13(21)18-16-7)5-12(20)17-15-6-8-4-9(14)2-3-11(8)19/h2-4,6,19H,5H2,1H3,(H,17,20)(H2,16,18,21)/b15-6-. The van der Waals surface area contributed by atoms with Crippen LogP contribution in [0.25, 0.3) is 0 Å². The number of nitrogens with zero attached hydrogens (tertiary/aromatic N) is 1. The lowest BCUT2D eigenvalue weighted by Crippen LogP contribution is -2.23. The molecule has 2 aromatic rings. The maximum absolute atomic E-state index is 11.7. The van der Waals surface area contributed by atoms with E-state index in [9.17, 15) is 14.7 Å². The second-order valence-electron chi connectivity index (χ2n) is 4.36. The van der Waals surface area contributed by atoms with Crippen LogP contribution in [0.3, 0.4) is 0 Å². The van der Waals surface area contributed by atoms with Crippen molar-refractivity contribution in [1.29, 1.82) is 0 Å². The van der Waals surface area contributed by atoms with Crippen molar-refractivity contribution in [2.75, 3.05) is 0 Å². The first-order valence-electron chi connectivity index (χ1n) is 6.04. The molecule has 0 unspecified atom stereocenters. The van der Waals surface area contributed by atoms with Gasteiger partial charge in [0, 0.05) is 21.3 Å². The Hall–Kier alpha value is -2.35. The molecule has 1 aromatic carbocycles. The van der Waals surface area contributed by atoms with Crippen LogP contribution in [-0.2, 0) is 11.2 Å². The maximum atomic E-state index is 11.7. The zero-order valence-corrected chi connectivity index (χ0v) is 12.7. The number of phenols is 1. The summed E-state index contributed by atoms with van der Waals surface area (Å²) in [5.74, 6) is -0.372. The van der Waals surface area contributed by atoms with Crippen molar-refractivity contribution < 1.29 is 9.90 Å². The topological polar surface area (TPSA) is 110 Å². The van der Waals surface area contributed by atoms with Gasteiger partial charge in [-0.3, -0.25) is 14.7 Å². The van der Waals surface area contributed by atoms with Crippen molar-refractivity contribution in [3.05, 3.63) is 49.8 Å². The number of amides is 1. The average Bonchev–Trinajstić information content (AvgIpc) is 2.74. The highest BCUT2D eigenvalue weighted by Gasteiger charge is 2.10. The van der Waals surface area contributed by atoms with E-state index in [2.05, 4.69) is 36.7 Å². The maximum Gasteiger partial charge on any atom is 0.267 e. The number of hydrazone groups is 1. The van der Waals surface area contributed by atoms with E-state index in [1.54, 1.807) is 19.1 Å². The molecular weight excluding hydrogens is 340 g/mol. The third-order valence-corrected chi connectivity index (χ3v) is 3.30. The van der Waals surface area contributed by atoms with Crippen LogP contribution < -0.4 is 11.0 Å². The highest BCUT2D eigenvalue weighted by Crippen LogP contribution is 2.19. The van der Waals surface area contributed by atoms with Crippen molar-refractivity contribution in [2.45, 2.75) is 13.3 Å². The van der Waals surface area contributed by atoms with Crippen LogP contribution in [0.2, 0.25) is 0 Å². The molecule has 1 heterocycles. The number of hydrogen-bond acceptors (Lipinski definition) is 4. The molecule has 0 aliphatic heterocycles. The molecule has 1 amide bonds. The molecule has 21 heavy (non-hydrogen) atoms. The number of H-pyrrole nitrogens is 2. The van der Waals surface area contributed by atoms with Crippen molar-refractivity contribution in [3.8, 4) is 5.75 Å². The van der Waals surface area contributed by atoms with E-state index in [-0.39, 0.29) is 17.7 Å². The second kappa shape index (κ2) is 6.40. The van der Waals surface area contributed by atoms with Gasteiger partial charge in [0.25, 0.3) is 5.56 Å². The van der Waals surface area contributed by atoms with Crippen molar-refractivity contribution >= 4 is 28.1 Å². The van der Waals surface area contributed by atoms with E-state index in [1.165, 1.54) is 12.3 Å². The summed E-state index contributed by atoms with van der Waals surface area (Å²) in [6.45, 7) is 1.70. The molecular formula is C13H13BrN4O3. The van der Waals surface area contributed by atoms with Crippen LogP contribution in [0.5, 0.6) is 5.75 Å². The van der Waals surface area contributed by atoms with E-state index in [0.29, 0.717) is 16.8 Å². The van der Waals surface area contributed by atoms with Gasteiger partial charge in [-0.2, -0.15) is 5.10 Å². The minimum atomic E-state index is -0.422. The van der Waals surface area contributed by atoms with Gasteiger partial charge in [-0.15, -0.1) is 0 Å². The summed E-state index contributed by atoms with van der Waals surface area (Å²) in [4.78, 5) is 23.1. The highest BCUT2D eigenvalue weighted by molar-refractivity contribution is 9.10. The third-order valence-electron chi connectivity index (χ3n) is 2.81. The fraction of sp³-hybridized carbons (Fsp3) is 0.154. The van der Waals surface area contributed by atoms with E-state index in [0.717, 1.165) is 4.47 Å². The van der Waals surface area contributed by atoms with Crippen molar-refractivity contribution in [2.24, 2.45) is 5.10 Å². The number of nitrogens with one attached hydrogen (secondary N) is 3. The monoisotopic (exact) mass is 352 g/mol. The normalized spacial score (nSPS) is 11.0. The summed E-state index contributed by atoms with van der Waals surface area (Å²) in [7, 11) is 0. The lowest BCUT2D eigenvalue weighted by atomic mass is 10.2. The molecule has 8 heteroatoms. The number of benzene rings is 1. The van der Waals surface area contributed by atoms with Gasteiger partial charge in [-0.1, -0.05) is 15.9 Å². The first-order chi connectivity index (χ1) is 9.97. The summed E-state index contributed by atoms with van der Waals surface area (Å²) in [5, 5.41) is 18.4. The molecule has 0 atom stereocenters. The Balaban J connectivity index is 1.99. The van der Waals surface area contributed by atoms with Crippen LogP contribution >= 0.6 is 15.9 Å². The van der Waals surface area contributed by atoms with Crippen LogP contribution in [0.15, 0.2) is 32.6 Å². The Morgan fingerprint density at radius 3 is 2.90 bits per heavy atom. The van der Waals surface area contributed by atoms with E-state index in [4.69, 9.17) is 0 Å². The SMILES string of the molecule is Cc1[nH][nH]c(=O)c1CC(=O)N/N=C\c1cc(Br)ccc1O. The predicted octanol–water partition coefficient (Wildman–Crippen LogP) is 1.17. The Bertz CT molecular complexity index is 748. The second-order valence-corrected chi connectivity index (χ2v) is 5.27. The summed E-state index contributed by atoms with van der Waals surface area (Å²) in [6.07, 6.45) is 1.25. The summed E-state index contributed by atoms with van der Waals surface area (Å²) < 4.78 is 0.780. The number of carbonyl (C=O) groups excluding carboxylic acids is 1. The van der Waals surface area contributed by atoms with Gasteiger partial charge in [0.1, 0.15) is 5.75 Å². The average molecular weight is 353 g/mol. The number of rotatable bonds is 4. The van der Waals surface area contributed by atoms with Crippen molar-refractivity contribution in [3.63, 3.8) is 0 Å². The number of aromatic hydroxyl groups is 1. The van der Waals surface area contributed by atoms with Crippen LogP contribution in [-0.4, -0.2) is 27.4 Å². The zero-order chi connectivity index (χ0) is 15.4. The number of aryl methyl sites for hydroxylation is 1. The molecule has 0 saturated heterocycles. The number of aromatic amines is 2. The molecule has 7 nitrogen and oxygen atoms in total. The molecule has 0 aliphatic rings. The molecule has 4 N–H and O–H groups in total. The summed E-state index contributed by atoms with van der Waals surface area (Å²) in [5.41, 5.74) is 3.43. The summed E-state index contributed by atoms with van der Waals surface area (Å²) in [6, 6.07) is 4.86. The van der Waals surface area contributed by atoms with E-state index in [1.807, 2.05) is 0 Å². The molecule has 110 valence electrons. The van der Waals surface area contributed by atoms with Gasteiger partial charge in [0.2, 0.25) is 5.91 Å². The van der Waals surface area contributed by atoms with Gasteiger partial charge < -0.3 is 10.2 Å². The Morgan fingerprint density at radius 1 is 1.48 bits per heavy atom. The largest absolute Gasteiger partial charge is 0.507 e. The van der Waals surface area contributed by atoms with Crippen LogP contribution in [0.1, 0.15) is 16.8 Å². The van der Waals surface area contributed by atoms with E-state index < -0.39 is 5.91 Å². The number of hydrogen-bond donors (Lipinski definition) is 4. The van der Waals surface area contributed by atoms with Gasteiger partial charge in [-0.25, -0.2) is 5.43 Å². The molecule has 0 bridgehead atoms. The Labute approximate surface area is 128 Å². The molecule has 1 aromatic heterocycles. The minimum absolute atomic E-state index is 0.0501. The molecule has 2 rings (SSSR count).